The number of aliphatic imine (C=N–C) groups is 1. The van der Waals surface area contributed by atoms with E-state index in [9.17, 15) is 9.90 Å². The van der Waals surface area contributed by atoms with E-state index in [0.717, 1.165) is 54.2 Å². The first kappa shape index (κ1) is 32.3. The minimum absolute atomic E-state index is 0.0681. The Morgan fingerprint density at radius 2 is 1.28 bits per heavy atom. The second kappa shape index (κ2) is 13.9. The minimum Gasteiger partial charge on any atom is -0.506 e. The van der Waals surface area contributed by atoms with E-state index in [0.29, 0.717) is 22.7 Å². The van der Waals surface area contributed by atoms with Crippen LogP contribution in [-0.2, 0) is 5.54 Å². The summed E-state index contributed by atoms with van der Waals surface area (Å²) in [7, 11) is 0. The van der Waals surface area contributed by atoms with Crippen molar-refractivity contribution in [3.63, 3.8) is 0 Å². The first-order chi connectivity index (χ1) is 22.5. The van der Waals surface area contributed by atoms with Gasteiger partial charge in [-0.05, 0) is 58.0 Å². The quantitative estimate of drug-likeness (QED) is 0.191. The summed E-state index contributed by atoms with van der Waals surface area (Å²) in [5, 5.41) is 16.5. The number of benzene rings is 4. The zero-order chi connectivity index (χ0) is 32.8. The zero-order valence-corrected chi connectivity index (χ0v) is 27.6. The number of ether oxygens (including phenoxy) is 1. The van der Waals surface area contributed by atoms with Crippen LogP contribution in [0.15, 0.2) is 95.0 Å². The number of para-hydroxylation sites is 2. The number of carbonyl (C=O) groups excluding carboxylic acids is 1. The Hall–Kier alpha value is -5.11. The maximum absolute atomic E-state index is 14.2. The number of phenols is 1. The normalized spacial score (nSPS) is 14.0. The molecule has 0 saturated heterocycles. The van der Waals surface area contributed by atoms with Gasteiger partial charge in [-0.1, -0.05) is 56.3 Å². The highest BCUT2D eigenvalue weighted by atomic mass is 16.5. The fourth-order valence-corrected chi connectivity index (χ4v) is 6.43. The molecule has 0 radical (unpaired) electrons. The van der Waals surface area contributed by atoms with E-state index in [-0.39, 0.29) is 11.7 Å². The van der Waals surface area contributed by atoms with Gasteiger partial charge in [-0.15, -0.1) is 0 Å². The Kier molecular flexibility index (Phi) is 9.75. The van der Waals surface area contributed by atoms with E-state index in [1.165, 1.54) is 12.4 Å². The SMILES string of the molecule is CC.CCN(CC)c1ccc2c(c1)Oc1cc(N(CC)CC)ccc1C21c2ccccc2C(=O)N1/N=C/C=Nc1ccccc1O. The highest BCUT2D eigenvalue weighted by molar-refractivity contribution is 6.17. The molecule has 2 aliphatic rings. The molecule has 0 bridgehead atoms. The molecule has 0 aromatic heterocycles. The fourth-order valence-electron chi connectivity index (χ4n) is 6.43. The lowest BCUT2D eigenvalue weighted by molar-refractivity contribution is 0.0675. The lowest BCUT2D eigenvalue weighted by atomic mass is 9.75. The van der Waals surface area contributed by atoms with Crippen molar-refractivity contribution in [3.8, 4) is 17.2 Å². The van der Waals surface area contributed by atoms with E-state index in [1.807, 2.05) is 38.1 Å². The molecule has 8 heteroatoms. The Bertz CT molecular complexity index is 1700. The number of amides is 1. The smallest absolute Gasteiger partial charge is 0.275 e. The van der Waals surface area contributed by atoms with Crippen molar-refractivity contribution in [2.75, 3.05) is 36.0 Å². The van der Waals surface area contributed by atoms with Crippen LogP contribution in [0.25, 0.3) is 0 Å². The van der Waals surface area contributed by atoms with Gasteiger partial charge in [0.15, 0.2) is 0 Å². The molecule has 1 amide bonds. The monoisotopic (exact) mass is 617 g/mol. The van der Waals surface area contributed by atoms with Crippen molar-refractivity contribution < 1.29 is 14.6 Å². The topological polar surface area (TPSA) is 81.0 Å². The second-order valence-corrected chi connectivity index (χ2v) is 10.7. The molecule has 46 heavy (non-hydrogen) atoms. The zero-order valence-electron chi connectivity index (χ0n) is 27.6. The number of anilines is 2. The first-order valence-electron chi connectivity index (χ1n) is 16.2. The van der Waals surface area contributed by atoms with Gasteiger partial charge in [0.05, 0.1) is 6.21 Å². The molecule has 0 unspecified atom stereocenters. The third-order valence-corrected chi connectivity index (χ3v) is 8.59. The summed E-state index contributed by atoms with van der Waals surface area (Å²) < 4.78 is 6.72. The molecular weight excluding hydrogens is 574 g/mol. The molecule has 8 nitrogen and oxygen atoms in total. The lowest BCUT2D eigenvalue weighted by Crippen LogP contribution is -2.44. The molecule has 4 aromatic rings. The maximum Gasteiger partial charge on any atom is 0.275 e. The number of phenolic OH excluding ortho intramolecular Hbond substituents is 1. The third-order valence-electron chi connectivity index (χ3n) is 8.59. The summed E-state index contributed by atoms with van der Waals surface area (Å²) in [4.78, 5) is 23.1. The van der Waals surface area contributed by atoms with Crippen LogP contribution in [0.5, 0.6) is 17.2 Å². The van der Waals surface area contributed by atoms with Gasteiger partial charge < -0.3 is 19.6 Å². The average Bonchev–Trinajstić information content (AvgIpc) is 3.33. The Morgan fingerprint density at radius 3 is 1.85 bits per heavy atom. The van der Waals surface area contributed by atoms with Gasteiger partial charge >= 0.3 is 0 Å². The van der Waals surface area contributed by atoms with Crippen molar-refractivity contribution in [2.24, 2.45) is 10.1 Å². The number of nitrogens with zero attached hydrogens (tertiary/aromatic N) is 5. The number of hydrazone groups is 1. The van der Waals surface area contributed by atoms with Crippen molar-refractivity contribution >= 4 is 35.4 Å². The van der Waals surface area contributed by atoms with E-state index in [2.05, 4.69) is 78.9 Å². The number of fused-ring (bicyclic) bond motifs is 6. The van der Waals surface area contributed by atoms with E-state index >= 15 is 0 Å². The highest BCUT2D eigenvalue weighted by Crippen LogP contribution is 2.58. The van der Waals surface area contributed by atoms with Crippen molar-refractivity contribution in [1.82, 2.24) is 5.01 Å². The van der Waals surface area contributed by atoms with E-state index < -0.39 is 5.54 Å². The standard InChI is InChI=1S/C36H37N5O3.C2H6/c1-5-39(6-2)25-17-19-29-33(23-25)44-34-24-26(40(7-3)8-4)18-20-30(34)36(29)28-14-10-9-13-27(28)35(43)41(36)38-22-21-37-31-15-11-12-16-32(31)42;1-2/h9-24,42H,5-8H2,1-4H3;1-2H3/b37-21?,38-22+;. The van der Waals surface area contributed by atoms with Gasteiger partial charge in [-0.2, -0.15) is 5.10 Å². The number of rotatable bonds is 9. The summed E-state index contributed by atoms with van der Waals surface area (Å²) in [6.45, 7) is 16.0. The number of hydrogen-bond donors (Lipinski definition) is 1. The Balaban J connectivity index is 0.00000204. The van der Waals surface area contributed by atoms with Crippen LogP contribution < -0.4 is 14.5 Å². The molecule has 1 spiro atoms. The molecule has 2 aliphatic heterocycles. The van der Waals surface area contributed by atoms with Gasteiger partial charge in [0, 0.05) is 78.2 Å². The Labute approximate surface area is 272 Å². The van der Waals surface area contributed by atoms with Crippen molar-refractivity contribution in [2.45, 2.75) is 47.1 Å². The molecule has 4 aromatic carbocycles. The molecule has 2 heterocycles. The summed E-state index contributed by atoms with van der Waals surface area (Å²) in [6.07, 6.45) is 2.99. The average molecular weight is 618 g/mol. The minimum atomic E-state index is -1.07. The van der Waals surface area contributed by atoms with Gasteiger partial charge in [0.2, 0.25) is 0 Å². The van der Waals surface area contributed by atoms with Gasteiger partial charge in [0.1, 0.15) is 28.5 Å². The summed E-state index contributed by atoms with van der Waals surface area (Å²) in [5.74, 6) is 1.23. The predicted octanol–water partition coefficient (Wildman–Crippen LogP) is 8.35. The number of aromatic hydroxyl groups is 1. The largest absolute Gasteiger partial charge is 0.506 e. The fraction of sp³-hybridized carbons (Fsp3) is 0.289. The van der Waals surface area contributed by atoms with Crippen LogP contribution in [0, 0.1) is 0 Å². The van der Waals surface area contributed by atoms with Crippen LogP contribution in [0.2, 0.25) is 0 Å². The molecule has 238 valence electrons. The van der Waals surface area contributed by atoms with Crippen LogP contribution >= 0.6 is 0 Å². The molecule has 1 N–H and O–H groups in total. The first-order valence-corrected chi connectivity index (χ1v) is 16.2. The van der Waals surface area contributed by atoms with Gasteiger partial charge in [-0.25, -0.2) is 5.01 Å². The molecule has 0 atom stereocenters. The van der Waals surface area contributed by atoms with Crippen LogP contribution in [0.1, 0.15) is 68.6 Å². The summed E-state index contributed by atoms with van der Waals surface area (Å²) in [6, 6.07) is 27.0. The van der Waals surface area contributed by atoms with Crippen molar-refractivity contribution in [1.29, 1.82) is 0 Å². The molecule has 0 fully saturated rings. The van der Waals surface area contributed by atoms with Crippen LogP contribution in [0.4, 0.5) is 17.1 Å². The predicted molar refractivity (Wildman–Crippen MR) is 189 cm³/mol. The Morgan fingerprint density at radius 1 is 0.739 bits per heavy atom. The van der Waals surface area contributed by atoms with Crippen LogP contribution in [0.3, 0.4) is 0 Å². The van der Waals surface area contributed by atoms with E-state index in [1.54, 1.807) is 29.3 Å². The van der Waals surface area contributed by atoms with Crippen LogP contribution in [-0.4, -0.2) is 54.6 Å². The van der Waals surface area contributed by atoms with Gasteiger partial charge in [-0.3, -0.25) is 9.79 Å². The number of hydrogen-bond acceptors (Lipinski definition) is 7. The summed E-state index contributed by atoms with van der Waals surface area (Å²) >= 11 is 0. The number of carbonyl (C=O) groups is 1. The van der Waals surface area contributed by atoms with E-state index in [4.69, 9.17) is 9.84 Å². The summed E-state index contributed by atoms with van der Waals surface area (Å²) in [5.41, 5.74) is 4.55. The third kappa shape index (κ3) is 5.38. The maximum atomic E-state index is 14.2. The molecular formula is C38H43N5O3. The highest BCUT2D eigenvalue weighted by Gasteiger charge is 2.57. The second-order valence-electron chi connectivity index (χ2n) is 10.7. The molecule has 6 rings (SSSR count). The molecule has 0 aliphatic carbocycles. The van der Waals surface area contributed by atoms with Crippen molar-refractivity contribution in [3.05, 3.63) is 107 Å². The molecule has 0 saturated carbocycles. The lowest BCUT2D eigenvalue weighted by Gasteiger charge is -2.42. The van der Waals surface area contributed by atoms with Gasteiger partial charge in [0.25, 0.3) is 5.91 Å².